The van der Waals surface area contributed by atoms with Crippen LogP contribution in [0.1, 0.15) is 25.3 Å². The number of hydrogen-bond acceptors (Lipinski definition) is 6. The van der Waals surface area contributed by atoms with E-state index >= 15 is 0 Å². The van der Waals surface area contributed by atoms with Gasteiger partial charge >= 0.3 is 5.97 Å². The van der Waals surface area contributed by atoms with E-state index in [-0.39, 0.29) is 17.6 Å². The van der Waals surface area contributed by atoms with Gasteiger partial charge in [-0.3, -0.25) is 14.2 Å². The molecule has 0 spiro atoms. The molecule has 0 saturated carbocycles. The smallest absolute Gasteiger partial charge is 0.325 e. The van der Waals surface area contributed by atoms with E-state index in [1.165, 1.54) is 29.8 Å². The highest BCUT2D eigenvalue weighted by Gasteiger charge is 2.20. The summed E-state index contributed by atoms with van der Waals surface area (Å²) in [6, 6.07) is 0. The van der Waals surface area contributed by atoms with Crippen molar-refractivity contribution in [3.63, 3.8) is 0 Å². The van der Waals surface area contributed by atoms with E-state index in [9.17, 15) is 9.59 Å². The van der Waals surface area contributed by atoms with Gasteiger partial charge in [-0.15, -0.1) is 0 Å². The van der Waals surface area contributed by atoms with Crippen LogP contribution in [0, 0.1) is 0 Å². The summed E-state index contributed by atoms with van der Waals surface area (Å²) in [5, 5.41) is 0.509. The fraction of sp³-hybridized carbons (Fsp3) is 0.538. The van der Waals surface area contributed by atoms with Crippen LogP contribution in [-0.2, 0) is 16.1 Å². The number of esters is 1. The van der Waals surface area contributed by atoms with Crippen molar-refractivity contribution in [2.45, 2.75) is 37.0 Å². The van der Waals surface area contributed by atoms with Crippen LogP contribution in [0.5, 0.6) is 0 Å². The number of hydrogen-bond donors (Lipinski definition) is 0. The average Bonchev–Trinajstić information content (AvgIpc) is 2.91. The van der Waals surface area contributed by atoms with Crippen LogP contribution < -0.4 is 5.56 Å². The van der Waals surface area contributed by atoms with Crippen molar-refractivity contribution >= 4 is 40.5 Å². The van der Waals surface area contributed by atoms with Crippen LogP contribution in [0.15, 0.2) is 16.3 Å². The Kier molecular flexibility index (Phi) is 5.47. The topological polar surface area (TPSA) is 79.0 Å². The maximum Gasteiger partial charge on any atom is 0.325 e. The van der Waals surface area contributed by atoms with Crippen molar-refractivity contribution in [2.24, 2.45) is 0 Å². The second-order valence-electron chi connectivity index (χ2n) is 4.62. The predicted octanol–water partition coefficient (Wildman–Crippen LogP) is 2.03. The number of rotatable bonds is 6. The van der Waals surface area contributed by atoms with E-state index in [1.807, 2.05) is 13.2 Å². The zero-order chi connectivity index (χ0) is 16.3. The first-order valence-corrected chi connectivity index (χ1v) is 8.41. The van der Waals surface area contributed by atoms with Crippen molar-refractivity contribution in [2.75, 3.05) is 13.4 Å². The number of aromatic nitrogens is 4. The van der Waals surface area contributed by atoms with Gasteiger partial charge in [0.25, 0.3) is 5.56 Å². The van der Waals surface area contributed by atoms with Crippen LogP contribution in [0.2, 0.25) is 0 Å². The number of methoxy groups -OCH3 is 1. The zero-order valence-electron chi connectivity index (χ0n) is 12.6. The summed E-state index contributed by atoms with van der Waals surface area (Å²) in [6.45, 7) is 1.93. The van der Waals surface area contributed by atoms with Gasteiger partial charge in [0, 0.05) is 0 Å². The van der Waals surface area contributed by atoms with Crippen LogP contribution in [-0.4, -0.2) is 38.4 Å². The molecule has 0 aliphatic rings. The molecule has 0 aliphatic heterocycles. The van der Waals surface area contributed by atoms with Gasteiger partial charge in [0.05, 0.1) is 13.4 Å². The third-order valence-corrected chi connectivity index (χ3v) is 4.24. The van der Waals surface area contributed by atoms with E-state index in [0.29, 0.717) is 10.8 Å². The molecule has 0 N–H and O–H groups in total. The predicted molar refractivity (Wildman–Crippen MR) is 85.4 cm³/mol. The summed E-state index contributed by atoms with van der Waals surface area (Å²) in [4.78, 5) is 32.0. The molecule has 7 nitrogen and oxygen atoms in total. The van der Waals surface area contributed by atoms with E-state index in [0.717, 1.165) is 12.8 Å². The monoisotopic (exact) mass is 344 g/mol. The number of halogens is 1. The number of imidazole rings is 1. The summed E-state index contributed by atoms with van der Waals surface area (Å²) >= 11 is 7.76. The van der Waals surface area contributed by atoms with Crippen molar-refractivity contribution in [3.05, 3.63) is 16.7 Å². The van der Waals surface area contributed by atoms with E-state index in [2.05, 4.69) is 14.7 Å². The SMILES string of the molecule is CCCC(Cl)n1c(SC)nc(=O)c2c1ncn2CC(=O)OC. The molecule has 22 heavy (non-hydrogen) atoms. The molecule has 0 saturated heterocycles. The van der Waals surface area contributed by atoms with Crippen LogP contribution in [0.3, 0.4) is 0 Å². The van der Waals surface area contributed by atoms with Gasteiger partial charge < -0.3 is 9.30 Å². The van der Waals surface area contributed by atoms with Crippen LogP contribution in [0.4, 0.5) is 0 Å². The van der Waals surface area contributed by atoms with Gasteiger partial charge in [0.1, 0.15) is 12.0 Å². The Morgan fingerprint density at radius 3 is 2.86 bits per heavy atom. The number of nitrogens with zero attached hydrogens (tertiary/aromatic N) is 4. The lowest BCUT2D eigenvalue weighted by atomic mass is 10.3. The quantitative estimate of drug-likeness (QED) is 0.345. The molecule has 0 bridgehead atoms. The fourth-order valence-electron chi connectivity index (χ4n) is 2.14. The Bertz CT molecular complexity index is 743. The van der Waals surface area contributed by atoms with Gasteiger partial charge in [-0.2, -0.15) is 4.98 Å². The summed E-state index contributed by atoms with van der Waals surface area (Å²) in [5.41, 5.74) is -0.103. The minimum atomic E-state index is -0.463. The maximum absolute atomic E-state index is 12.2. The van der Waals surface area contributed by atoms with Gasteiger partial charge in [-0.1, -0.05) is 36.7 Å². The zero-order valence-corrected chi connectivity index (χ0v) is 14.1. The Morgan fingerprint density at radius 1 is 1.55 bits per heavy atom. The second-order valence-corrected chi connectivity index (χ2v) is 5.89. The normalized spacial score (nSPS) is 12.5. The molecule has 2 heterocycles. The molecule has 2 aromatic heterocycles. The van der Waals surface area contributed by atoms with Gasteiger partial charge in [0.2, 0.25) is 0 Å². The Morgan fingerprint density at radius 2 is 2.27 bits per heavy atom. The number of alkyl halides is 1. The number of carbonyl (C=O) groups excluding carboxylic acids is 1. The molecule has 1 atom stereocenters. The first kappa shape index (κ1) is 16.8. The molecule has 120 valence electrons. The molecule has 0 fully saturated rings. The molecule has 2 rings (SSSR count). The fourth-order valence-corrected chi connectivity index (χ4v) is 3.18. The molecule has 0 aliphatic carbocycles. The molecular weight excluding hydrogens is 328 g/mol. The third-order valence-electron chi connectivity index (χ3n) is 3.17. The van der Waals surface area contributed by atoms with E-state index in [1.54, 1.807) is 4.57 Å². The molecular formula is C13H17ClN4O3S. The number of ether oxygens (including phenoxy) is 1. The molecule has 0 aromatic carbocycles. The summed E-state index contributed by atoms with van der Waals surface area (Å²) < 4.78 is 7.80. The number of fused-ring (bicyclic) bond motifs is 1. The largest absolute Gasteiger partial charge is 0.468 e. The molecule has 0 amide bonds. The lowest BCUT2D eigenvalue weighted by molar-refractivity contribution is -0.141. The van der Waals surface area contributed by atoms with Gasteiger partial charge in [-0.05, 0) is 12.7 Å². The second kappa shape index (κ2) is 7.15. The minimum Gasteiger partial charge on any atom is -0.468 e. The first-order chi connectivity index (χ1) is 10.5. The lowest BCUT2D eigenvalue weighted by Gasteiger charge is -2.17. The Balaban J connectivity index is 2.65. The standard InChI is InChI=1S/C13H17ClN4O3S/c1-4-5-8(14)18-11-10(12(20)16-13(18)22-3)17(7-15-11)6-9(19)21-2/h7-8H,4-6H2,1-3H3. The Labute approximate surface area is 136 Å². The number of thioether (sulfide) groups is 1. The van der Waals surface area contributed by atoms with Crippen LogP contribution >= 0.6 is 23.4 Å². The molecule has 9 heteroatoms. The van der Waals surface area contributed by atoms with E-state index in [4.69, 9.17) is 11.6 Å². The summed E-state index contributed by atoms with van der Waals surface area (Å²) in [5.74, 6) is -0.463. The first-order valence-electron chi connectivity index (χ1n) is 6.75. The summed E-state index contributed by atoms with van der Waals surface area (Å²) in [6.07, 6.45) is 4.86. The molecule has 2 aromatic rings. The lowest BCUT2D eigenvalue weighted by Crippen LogP contribution is -2.21. The molecule has 0 radical (unpaired) electrons. The van der Waals surface area contributed by atoms with Crippen LogP contribution in [0.25, 0.3) is 11.2 Å². The van der Waals surface area contributed by atoms with E-state index < -0.39 is 11.5 Å². The van der Waals surface area contributed by atoms with Crippen molar-refractivity contribution in [1.82, 2.24) is 19.1 Å². The van der Waals surface area contributed by atoms with Crippen molar-refractivity contribution < 1.29 is 9.53 Å². The highest BCUT2D eigenvalue weighted by molar-refractivity contribution is 7.98. The van der Waals surface area contributed by atoms with Crippen molar-refractivity contribution in [1.29, 1.82) is 0 Å². The number of carbonyl (C=O) groups is 1. The third kappa shape index (κ3) is 3.12. The molecule has 1 unspecified atom stereocenters. The van der Waals surface area contributed by atoms with Gasteiger partial charge in [0.15, 0.2) is 16.3 Å². The highest BCUT2D eigenvalue weighted by atomic mass is 35.5. The van der Waals surface area contributed by atoms with Crippen molar-refractivity contribution in [3.8, 4) is 0 Å². The highest BCUT2D eigenvalue weighted by Crippen LogP contribution is 2.27. The van der Waals surface area contributed by atoms with Gasteiger partial charge in [-0.25, -0.2) is 4.98 Å². The average molecular weight is 345 g/mol. The maximum atomic E-state index is 12.2. The summed E-state index contributed by atoms with van der Waals surface area (Å²) in [7, 11) is 1.29. The Hall–Kier alpha value is -1.54. The minimum absolute atomic E-state index is 0.0940.